The summed E-state index contributed by atoms with van der Waals surface area (Å²) >= 11 is 0. The molecule has 2 aromatic rings. The third kappa shape index (κ3) is 3.30. The largest absolute Gasteiger partial charge is 0.497 e. The fourth-order valence-electron chi connectivity index (χ4n) is 4.10. The molecule has 1 saturated heterocycles. The van der Waals surface area contributed by atoms with Crippen molar-refractivity contribution in [2.24, 2.45) is 0 Å². The fraction of sp³-hybridized carbons (Fsp3) is 0.364. The number of hydrogen-bond donors (Lipinski definition) is 1. The van der Waals surface area contributed by atoms with Crippen LogP contribution in [0.5, 0.6) is 5.75 Å². The molecule has 1 unspecified atom stereocenters. The normalized spacial score (nSPS) is 18.8. The summed E-state index contributed by atoms with van der Waals surface area (Å²) in [6.45, 7) is 0.797. The molecule has 28 heavy (non-hydrogen) atoms. The van der Waals surface area contributed by atoms with Gasteiger partial charge in [-0.05, 0) is 49.6 Å². The van der Waals surface area contributed by atoms with E-state index >= 15 is 0 Å². The number of carbonyl (C=O) groups excluding carboxylic acids is 2. The van der Waals surface area contributed by atoms with E-state index in [1.165, 1.54) is 0 Å². The number of nitrogens with zero attached hydrogens (tertiary/aromatic N) is 2. The average Bonchev–Trinajstić information content (AvgIpc) is 2.98. The van der Waals surface area contributed by atoms with Gasteiger partial charge in [-0.25, -0.2) is 0 Å². The van der Waals surface area contributed by atoms with Crippen LogP contribution in [0.15, 0.2) is 42.5 Å². The maximum atomic E-state index is 13.0. The second-order valence-corrected chi connectivity index (χ2v) is 7.36. The lowest BCUT2D eigenvalue weighted by Gasteiger charge is -2.43. The first-order valence-electron chi connectivity index (χ1n) is 9.72. The van der Waals surface area contributed by atoms with Crippen molar-refractivity contribution in [1.82, 2.24) is 4.90 Å². The van der Waals surface area contributed by atoms with E-state index in [0.717, 1.165) is 37.9 Å². The van der Waals surface area contributed by atoms with Crippen molar-refractivity contribution in [2.45, 2.75) is 31.8 Å². The molecule has 0 bridgehead atoms. The smallest absolute Gasteiger partial charge is 0.257 e. The highest BCUT2D eigenvalue weighted by Crippen LogP contribution is 2.34. The molecule has 0 aromatic heterocycles. The molecule has 0 spiro atoms. The van der Waals surface area contributed by atoms with Gasteiger partial charge in [-0.2, -0.15) is 0 Å². The van der Waals surface area contributed by atoms with Gasteiger partial charge in [0.2, 0.25) is 0 Å². The number of amides is 2. The highest BCUT2D eigenvalue weighted by molar-refractivity contribution is 6.08. The lowest BCUT2D eigenvalue weighted by Crippen LogP contribution is -2.53. The van der Waals surface area contributed by atoms with Gasteiger partial charge in [0.15, 0.2) is 0 Å². The van der Waals surface area contributed by atoms with Crippen LogP contribution in [-0.4, -0.2) is 43.6 Å². The van der Waals surface area contributed by atoms with Gasteiger partial charge in [0.25, 0.3) is 11.8 Å². The number of carbonyl (C=O) groups is 2. The van der Waals surface area contributed by atoms with Crippen LogP contribution in [-0.2, 0) is 0 Å². The topological polar surface area (TPSA) is 61.9 Å². The monoisotopic (exact) mass is 379 g/mol. The van der Waals surface area contributed by atoms with Gasteiger partial charge >= 0.3 is 0 Å². The summed E-state index contributed by atoms with van der Waals surface area (Å²) in [5.41, 5.74) is 2.69. The minimum absolute atomic E-state index is 0.0687. The van der Waals surface area contributed by atoms with Gasteiger partial charge in [-0.3, -0.25) is 9.59 Å². The van der Waals surface area contributed by atoms with E-state index in [4.69, 9.17) is 4.74 Å². The summed E-state index contributed by atoms with van der Waals surface area (Å²) in [6.07, 6.45) is 4.34. The number of hydrogen-bond acceptors (Lipinski definition) is 4. The third-order valence-electron chi connectivity index (χ3n) is 5.63. The van der Waals surface area contributed by atoms with E-state index in [0.29, 0.717) is 22.6 Å². The molecule has 4 rings (SSSR count). The minimum Gasteiger partial charge on any atom is -0.497 e. The van der Waals surface area contributed by atoms with Crippen molar-refractivity contribution in [3.05, 3.63) is 53.6 Å². The highest BCUT2D eigenvalue weighted by Gasteiger charge is 2.36. The first kappa shape index (κ1) is 18.3. The Balaban J connectivity index is 1.61. The molecular weight excluding hydrogens is 354 g/mol. The molecule has 2 heterocycles. The molecule has 0 radical (unpaired) electrons. The Hall–Kier alpha value is -3.02. The molecule has 2 aliphatic rings. The summed E-state index contributed by atoms with van der Waals surface area (Å²) in [7, 11) is 3.60. The number of ether oxygens (including phenoxy) is 1. The second kappa shape index (κ2) is 7.54. The van der Waals surface area contributed by atoms with Gasteiger partial charge in [0.1, 0.15) is 11.9 Å². The molecule has 1 atom stereocenters. The Bertz CT molecular complexity index is 912. The summed E-state index contributed by atoms with van der Waals surface area (Å²) in [4.78, 5) is 29.9. The quantitative estimate of drug-likeness (QED) is 0.883. The van der Waals surface area contributed by atoms with Crippen LogP contribution < -0.4 is 15.0 Å². The van der Waals surface area contributed by atoms with E-state index < -0.39 is 0 Å². The number of methoxy groups -OCH3 is 1. The summed E-state index contributed by atoms with van der Waals surface area (Å²) < 4.78 is 5.20. The Morgan fingerprint density at radius 1 is 1.14 bits per heavy atom. The molecule has 2 aliphatic heterocycles. The predicted octanol–water partition coefficient (Wildman–Crippen LogP) is 3.74. The predicted molar refractivity (Wildman–Crippen MR) is 109 cm³/mol. The van der Waals surface area contributed by atoms with Gasteiger partial charge < -0.3 is 19.9 Å². The summed E-state index contributed by atoms with van der Waals surface area (Å²) in [6, 6.07) is 12.6. The van der Waals surface area contributed by atoms with E-state index in [1.807, 2.05) is 36.2 Å². The summed E-state index contributed by atoms with van der Waals surface area (Å²) in [5, 5.41) is 2.90. The Labute approximate surface area is 165 Å². The Morgan fingerprint density at radius 3 is 2.82 bits per heavy atom. The molecule has 0 aliphatic carbocycles. The first-order valence-corrected chi connectivity index (χ1v) is 9.72. The second-order valence-electron chi connectivity index (χ2n) is 7.36. The van der Waals surface area contributed by atoms with Crippen LogP contribution in [0, 0.1) is 0 Å². The van der Waals surface area contributed by atoms with Crippen molar-refractivity contribution >= 4 is 23.2 Å². The average molecular weight is 379 g/mol. The van der Waals surface area contributed by atoms with Gasteiger partial charge in [0.05, 0.1) is 18.4 Å². The zero-order valence-corrected chi connectivity index (χ0v) is 16.3. The molecule has 6 heteroatoms. The molecule has 2 aromatic carbocycles. The van der Waals surface area contributed by atoms with Gasteiger partial charge in [-0.1, -0.05) is 12.5 Å². The first-order chi connectivity index (χ1) is 13.6. The standard InChI is InChI=1S/C22H25N3O3/c1-24-19-13-15(21(26)23-16-7-6-8-17(14-16)28-2)10-11-18(19)22(27)25-12-5-3-4-9-20(24)25/h6-8,10-11,13-14,20H,3-5,9,12H2,1-2H3,(H,23,26). The maximum Gasteiger partial charge on any atom is 0.257 e. The van der Waals surface area contributed by atoms with E-state index in [1.54, 1.807) is 25.3 Å². The number of benzene rings is 2. The van der Waals surface area contributed by atoms with Gasteiger partial charge in [-0.15, -0.1) is 0 Å². The third-order valence-corrected chi connectivity index (χ3v) is 5.63. The Morgan fingerprint density at radius 2 is 2.00 bits per heavy atom. The van der Waals surface area contributed by atoms with Crippen LogP contribution in [0.3, 0.4) is 0 Å². The molecular formula is C22H25N3O3. The molecule has 0 saturated carbocycles. The van der Waals surface area contributed by atoms with E-state index in [2.05, 4.69) is 10.2 Å². The maximum absolute atomic E-state index is 13.0. The van der Waals surface area contributed by atoms with Crippen LogP contribution in [0.1, 0.15) is 46.4 Å². The lowest BCUT2D eigenvalue weighted by atomic mass is 10.0. The SMILES string of the molecule is COc1cccc(NC(=O)c2ccc3c(c2)N(C)C2CCCCCN2C3=O)c1. The van der Waals surface area contributed by atoms with Crippen LogP contribution in [0.25, 0.3) is 0 Å². The van der Waals surface area contributed by atoms with Crippen molar-refractivity contribution in [3.8, 4) is 5.75 Å². The van der Waals surface area contributed by atoms with Crippen molar-refractivity contribution < 1.29 is 14.3 Å². The molecule has 6 nitrogen and oxygen atoms in total. The van der Waals surface area contributed by atoms with Crippen LogP contribution >= 0.6 is 0 Å². The zero-order valence-electron chi connectivity index (χ0n) is 16.3. The van der Waals surface area contributed by atoms with Gasteiger partial charge in [0, 0.05) is 30.9 Å². The van der Waals surface area contributed by atoms with E-state index in [9.17, 15) is 9.59 Å². The number of nitrogens with one attached hydrogen (secondary N) is 1. The molecule has 1 fully saturated rings. The van der Waals surface area contributed by atoms with E-state index in [-0.39, 0.29) is 18.0 Å². The summed E-state index contributed by atoms with van der Waals surface area (Å²) in [5.74, 6) is 0.543. The number of rotatable bonds is 3. The molecule has 1 N–H and O–H groups in total. The van der Waals surface area contributed by atoms with Crippen molar-refractivity contribution in [1.29, 1.82) is 0 Å². The number of anilines is 2. The molecule has 2 amide bonds. The van der Waals surface area contributed by atoms with Crippen molar-refractivity contribution in [3.63, 3.8) is 0 Å². The number of fused-ring (bicyclic) bond motifs is 2. The zero-order chi connectivity index (χ0) is 19.7. The Kier molecular flexibility index (Phi) is 4.94. The molecule has 146 valence electrons. The lowest BCUT2D eigenvalue weighted by molar-refractivity contribution is 0.0661. The minimum atomic E-state index is -0.208. The highest BCUT2D eigenvalue weighted by atomic mass is 16.5. The van der Waals surface area contributed by atoms with Crippen LogP contribution in [0.2, 0.25) is 0 Å². The van der Waals surface area contributed by atoms with Crippen molar-refractivity contribution in [2.75, 3.05) is 30.9 Å². The van der Waals surface area contributed by atoms with Crippen LogP contribution in [0.4, 0.5) is 11.4 Å². The fourth-order valence-corrected chi connectivity index (χ4v) is 4.10.